The Hall–Kier alpha value is -5.08. The van der Waals surface area contributed by atoms with Gasteiger partial charge in [-0.2, -0.15) is 0 Å². The highest BCUT2D eigenvalue weighted by Crippen LogP contribution is 2.63. The van der Waals surface area contributed by atoms with Gasteiger partial charge in [0, 0.05) is 11.1 Å². The van der Waals surface area contributed by atoms with E-state index in [1.807, 2.05) is 0 Å². The molecule has 0 unspecified atom stereocenters. The quantitative estimate of drug-likeness (QED) is 0.226. The van der Waals surface area contributed by atoms with Gasteiger partial charge in [-0.1, -0.05) is 123 Å². The van der Waals surface area contributed by atoms with Gasteiger partial charge in [0.1, 0.15) is 0 Å². The zero-order valence-electron chi connectivity index (χ0n) is 23.3. The van der Waals surface area contributed by atoms with E-state index in [0.29, 0.717) is 0 Å². The van der Waals surface area contributed by atoms with Crippen molar-refractivity contribution in [2.75, 3.05) is 9.80 Å². The second kappa shape index (κ2) is 8.97. The van der Waals surface area contributed by atoms with Crippen LogP contribution < -0.4 is 9.80 Å². The van der Waals surface area contributed by atoms with Crippen LogP contribution in [0.25, 0.3) is 22.3 Å². The third-order valence-electron chi connectivity index (χ3n) is 8.73. The molecule has 0 atom stereocenters. The fraction of sp³-hybridized carbons (Fsp3) is 0.0769. The van der Waals surface area contributed by atoms with Gasteiger partial charge in [-0.25, -0.2) is 0 Å². The molecule has 0 N–H and O–H groups in total. The molecular weight excluding hydrogens is 496 g/mol. The maximum Gasteiger partial charge on any atom is 0.0750 e. The van der Waals surface area contributed by atoms with Crippen molar-refractivity contribution in [3.8, 4) is 22.3 Å². The molecule has 6 aromatic rings. The van der Waals surface area contributed by atoms with Crippen molar-refractivity contribution >= 4 is 34.1 Å². The number of hydrogen-bond acceptors (Lipinski definition) is 2. The lowest BCUT2D eigenvalue weighted by Gasteiger charge is -2.49. The van der Waals surface area contributed by atoms with Crippen LogP contribution in [0.4, 0.5) is 34.1 Å². The predicted molar refractivity (Wildman–Crippen MR) is 172 cm³/mol. The highest BCUT2D eigenvalue weighted by atomic mass is 15.3. The number of benzene rings is 6. The van der Waals surface area contributed by atoms with Crippen LogP contribution in [-0.2, 0) is 5.41 Å². The standard InChI is InChI=1S/C39H30N2/c1-39(2)32-20-12-13-21-33(32)41-36-26-29(27-14-6-3-7-15-27)22-24-34(36)40(30-18-10-5-11-19-30)35-25-23-31(37(39)38(35)41)28-16-8-4-9-17-28/h3-26H,1-2H3. The molecule has 2 aliphatic rings. The highest BCUT2D eigenvalue weighted by molar-refractivity contribution is 6.07. The van der Waals surface area contributed by atoms with E-state index in [1.54, 1.807) is 0 Å². The van der Waals surface area contributed by atoms with Crippen molar-refractivity contribution in [1.82, 2.24) is 0 Å². The van der Waals surface area contributed by atoms with Gasteiger partial charge < -0.3 is 9.80 Å². The minimum absolute atomic E-state index is 0.208. The Labute approximate surface area is 241 Å². The zero-order valence-corrected chi connectivity index (χ0v) is 23.3. The SMILES string of the molecule is CC1(C)c2ccccc2N2c3cc(-c4ccccc4)ccc3N(c3ccccc3)c3ccc(-c4ccccc4)c1c32. The molecule has 0 fully saturated rings. The summed E-state index contributed by atoms with van der Waals surface area (Å²) in [4.78, 5) is 4.97. The van der Waals surface area contributed by atoms with Gasteiger partial charge in [-0.15, -0.1) is 0 Å². The smallest absolute Gasteiger partial charge is 0.0750 e. The number of nitrogens with zero attached hydrogens (tertiary/aromatic N) is 2. The minimum atomic E-state index is -0.208. The van der Waals surface area contributed by atoms with E-state index in [-0.39, 0.29) is 5.41 Å². The molecule has 0 saturated heterocycles. The van der Waals surface area contributed by atoms with Crippen molar-refractivity contribution in [3.63, 3.8) is 0 Å². The van der Waals surface area contributed by atoms with Gasteiger partial charge in [-0.3, -0.25) is 0 Å². The molecule has 41 heavy (non-hydrogen) atoms. The summed E-state index contributed by atoms with van der Waals surface area (Å²) >= 11 is 0. The first-order valence-electron chi connectivity index (χ1n) is 14.3. The second-order valence-corrected chi connectivity index (χ2v) is 11.4. The van der Waals surface area contributed by atoms with Gasteiger partial charge in [0.05, 0.1) is 28.4 Å². The maximum absolute atomic E-state index is 2.53. The maximum atomic E-state index is 2.53. The molecule has 2 heterocycles. The van der Waals surface area contributed by atoms with Crippen molar-refractivity contribution < 1.29 is 0 Å². The Balaban J connectivity index is 1.50. The Morgan fingerprint density at radius 1 is 0.439 bits per heavy atom. The van der Waals surface area contributed by atoms with Crippen molar-refractivity contribution in [3.05, 3.63) is 157 Å². The average Bonchev–Trinajstić information content (AvgIpc) is 3.03. The molecular formula is C39H30N2. The van der Waals surface area contributed by atoms with Crippen LogP contribution in [0.2, 0.25) is 0 Å². The molecule has 0 saturated carbocycles. The second-order valence-electron chi connectivity index (χ2n) is 11.4. The molecule has 6 aromatic carbocycles. The van der Waals surface area contributed by atoms with E-state index in [4.69, 9.17) is 0 Å². The van der Waals surface area contributed by atoms with Gasteiger partial charge in [0.25, 0.3) is 0 Å². The monoisotopic (exact) mass is 526 g/mol. The van der Waals surface area contributed by atoms with E-state index in [1.165, 1.54) is 61.8 Å². The third-order valence-corrected chi connectivity index (χ3v) is 8.73. The lowest BCUT2D eigenvalue weighted by atomic mass is 9.70. The van der Waals surface area contributed by atoms with Crippen LogP contribution in [0, 0.1) is 0 Å². The van der Waals surface area contributed by atoms with Crippen molar-refractivity contribution in [2.45, 2.75) is 19.3 Å². The summed E-state index contributed by atoms with van der Waals surface area (Å²) < 4.78 is 0. The molecule has 196 valence electrons. The Morgan fingerprint density at radius 3 is 1.78 bits per heavy atom. The summed E-state index contributed by atoms with van der Waals surface area (Å²) in [5.41, 5.74) is 14.7. The number of hydrogen-bond donors (Lipinski definition) is 0. The van der Waals surface area contributed by atoms with E-state index in [9.17, 15) is 0 Å². The molecule has 0 aliphatic carbocycles. The van der Waals surface area contributed by atoms with Crippen LogP contribution in [0.1, 0.15) is 25.0 Å². The van der Waals surface area contributed by atoms with Crippen molar-refractivity contribution in [1.29, 1.82) is 0 Å². The van der Waals surface area contributed by atoms with E-state index < -0.39 is 0 Å². The largest absolute Gasteiger partial charge is 0.306 e. The summed E-state index contributed by atoms with van der Waals surface area (Å²) in [6.07, 6.45) is 0. The molecule has 0 aromatic heterocycles. The number of anilines is 6. The predicted octanol–water partition coefficient (Wildman–Crippen LogP) is 10.9. The lowest BCUT2D eigenvalue weighted by molar-refractivity contribution is 0.633. The molecule has 0 spiro atoms. The van der Waals surface area contributed by atoms with Gasteiger partial charge in [0.15, 0.2) is 0 Å². The first-order valence-corrected chi connectivity index (χ1v) is 14.3. The summed E-state index contributed by atoms with van der Waals surface area (Å²) in [6.45, 7) is 4.77. The molecule has 2 aliphatic heterocycles. The zero-order chi connectivity index (χ0) is 27.6. The van der Waals surface area contributed by atoms with Crippen molar-refractivity contribution in [2.24, 2.45) is 0 Å². The highest BCUT2D eigenvalue weighted by Gasteiger charge is 2.44. The van der Waals surface area contributed by atoms with Crippen LogP contribution >= 0.6 is 0 Å². The summed E-state index contributed by atoms with van der Waals surface area (Å²) in [7, 11) is 0. The molecule has 2 heteroatoms. The number of fused-ring (bicyclic) bond motifs is 4. The summed E-state index contributed by atoms with van der Waals surface area (Å²) in [5, 5.41) is 0. The van der Waals surface area contributed by atoms with Crippen LogP contribution in [-0.4, -0.2) is 0 Å². The molecule has 0 radical (unpaired) electrons. The number of para-hydroxylation sites is 2. The van der Waals surface area contributed by atoms with Crippen LogP contribution in [0.15, 0.2) is 146 Å². The number of rotatable bonds is 3. The molecule has 0 bridgehead atoms. The molecule has 2 nitrogen and oxygen atoms in total. The first kappa shape index (κ1) is 23.8. The lowest BCUT2D eigenvalue weighted by Crippen LogP contribution is -2.35. The van der Waals surface area contributed by atoms with Crippen LogP contribution in [0.5, 0.6) is 0 Å². The fourth-order valence-electron chi connectivity index (χ4n) is 6.87. The summed E-state index contributed by atoms with van der Waals surface area (Å²) in [6, 6.07) is 52.8. The minimum Gasteiger partial charge on any atom is -0.306 e. The van der Waals surface area contributed by atoms with E-state index >= 15 is 0 Å². The molecule has 8 rings (SSSR count). The average molecular weight is 527 g/mol. The van der Waals surface area contributed by atoms with E-state index in [2.05, 4.69) is 169 Å². The van der Waals surface area contributed by atoms with E-state index in [0.717, 1.165) is 5.69 Å². The Bertz CT molecular complexity index is 1910. The molecule has 0 amide bonds. The Morgan fingerprint density at radius 2 is 1.05 bits per heavy atom. The topological polar surface area (TPSA) is 6.48 Å². The first-order chi connectivity index (χ1) is 20.1. The van der Waals surface area contributed by atoms with Crippen LogP contribution in [0.3, 0.4) is 0 Å². The Kier molecular flexibility index (Phi) is 5.20. The normalized spacial score (nSPS) is 14.2. The van der Waals surface area contributed by atoms with Gasteiger partial charge in [0.2, 0.25) is 0 Å². The third kappa shape index (κ3) is 3.50. The fourth-order valence-corrected chi connectivity index (χ4v) is 6.87. The summed E-state index contributed by atoms with van der Waals surface area (Å²) in [5.74, 6) is 0. The van der Waals surface area contributed by atoms with Gasteiger partial charge >= 0.3 is 0 Å². The van der Waals surface area contributed by atoms with Gasteiger partial charge in [-0.05, 0) is 69.8 Å².